The summed E-state index contributed by atoms with van der Waals surface area (Å²) in [6.45, 7) is 6.32. The van der Waals surface area contributed by atoms with Crippen LogP contribution in [0.2, 0.25) is 0 Å². The molecule has 0 radical (unpaired) electrons. The van der Waals surface area contributed by atoms with Crippen LogP contribution in [0.25, 0.3) is 0 Å². The topological polar surface area (TPSA) is 80.3 Å². The first kappa shape index (κ1) is 15.3. The van der Waals surface area contributed by atoms with Gasteiger partial charge in [-0.3, -0.25) is 9.48 Å². The number of rotatable bonds is 6. The van der Waals surface area contributed by atoms with Gasteiger partial charge in [-0.25, -0.2) is 0 Å². The Morgan fingerprint density at radius 2 is 2.29 bits per heavy atom. The summed E-state index contributed by atoms with van der Waals surface area (Å²) >= 11 is 0. The fourth-order valence-corrected chi connectivity index (χ4v) is 2.38. The van der Waals surface area contributed by atoms with Gasteiger partial charge in [0.15, 0.2) is 0 Å². The van der Waals surface area contributed by atoms with Crippen LogP contribution in [-0.2, 0) is 6.54 Å². The van der Waals surface area contributed by atoms with Crippen molar-refractivity contribution in [3.63, 3.8) is 0 Å². The molecule has 0 saturated heterocycles. The minimum atomic E-state index is -0.555. The molecule has 2 N–H and O–H groups in total. The highest BCUT2D eigenvalue weighted by Gasteiger charge is 2.22. The van der Waals surface area contributed by atoms with Crippen molar-refractivity contribution in [1.29, 1.82) is 0 Å². The van der Waals surface area contributed by atoms with Crippen molar-refractivity contribution in [3.05, 3.63) is 41.1 Å². The summed E-state index contributed by atoms with van der Waals surface area (Å²) in [4.78, 5) is 12.5. The summed E-state index contributed by atoms with van der Waals surface area (Å²) < 4.78 is 7.07. The number of carbonyl (C=O) groups excluding carboxylic acids is 1. The largest absolute Gasteiger partial charge is 0.467 e. The lowest BCUT2D eigenvalue weighted by Crippen LogP contribution is -2.31. The van der Waals surface area contributed by atoms with E-state index in [9.17, 15) is 9.90 Å². The molecule has 114 valence electrons. The van der Waals surface area contributed by atoms with Gasteiger partial charge >= 0.3 is 0 Å². The number of furan rings is 1. The smallest absolute Gasteiger partial charge is 0.255 e. The highest BCUT2D eigenvalue weighted by molar-refractivity contribution is 5.96. The van der Waals surface area contributed by atoms with Gasteiger partial charge in [-0.1, -0.05) is 6.92 Å². The summed E-state index contributed by atoms with van der Waals surface area (Å²) in [5, 5.41) is 16.6. The average Bonchev–Trinajstić information content (AvgIpc) is 3.06. The van der Waals surface area contributed by atoms with Crippen molar-refractivity contribution in [1.82, 2.24) is 15.1 Å². The molecule has 0 aliphatic heterocycles. The Balaban J connectivity index is 2.20. The van der Waals surface area contributed by atoms with Gasteiger partial charge in [0.2, 0.25) is 0 Å². The molecular formula is C15H21N3O3. The number of hydrogen-bond acceptors (Lipinski definition) is 4. The van der Waals surface area contributed by atoms with Crippen molar-refractivity contribution in [3.8, 4) is 0 Å². The molecule has 0 saturated carbocycles. The van der Waals surface area contributed by atoms with Gasteiger partial charge in [0, 0.05) is 12.2 Å². The SMILES string of the molecule is CCCn1nc(C)c(C(=O)NC(CO)c2ccco2)c1C. The molecule has 0 spiro atoms. The predicted molar refractivity (Wildman–Crippen MR) is 78.0 cm³/mol. The zero-order valence-electron chi connectivity index (χ0n) is 12.6. The maximum atomic E-state index is 12.5. The van der Waals surface area contributed by atoms with E-state index < -0.39 is 6.04 Å². The fraction of sp³-hybridized carbons (Fsp3) is 0.467. The predicted octanol–water partition coefficient (Wildman–Crippen LogP) is 1.97. The molecule has 1 atom stereocenters. The third-order valence-corrected chi connectivity index (χ3v) is 3.42. The highest BCUT2D eigenvalue weighted by atomic mass is 16.3. The van der Waals surface area contributed by atoms with Crippen LogP contribution < -0.4 is 5.32 Å². The number of carbonyl (C=O) groups is 1. The molecule has 1 amide bonds. The van der Waals surface area contributed by atoms with Crippen LogP contribution in [-0.4, -0.2) is 27.4 Å². The quantitative estimate of drug-likeness (QED) is 0.852. The highest BCUT2D eigenvalue weighted by Crippen LogP contribution is 2.17. The van der Waals surface area contributed by atoms with Gasteiger partial charge < -0.3 is 14.8 Å². The standard InChI is InChI=1S/C15H21N3O3/c1-4-7-18-11(3)14(10(2)17-18)15(20)16-12(9-19)13-6-5-8-21-13/h5-6,8,12,19H,4,7,9H2,1-3H3,(H,16,20). The third-order valence-electron chi connectivity index (χ3n) is 3.42. The van der Waals surface area contributed by atoms with Crippen molar-refractivity contribution in [2.45, 2.75) is 39.8 Å². The molecule has 0 aliphatic rings. The van der Waals surface area contributed by atoms with E-state index in [0.717, 1.165) is 18.7 Å². The Hall–Kier alpha value is -2.08. The van der Waals surface area contributed by atoms with Gasteiger partial charge in [-0.05, 0) is 32.4 Å². The molecule has 2 rings (SSSR count). The van der Waals surface area contributed by atoms with Crippen molar-refractivity contribution < 1.29 is 14.3 Å². The molecule has 2 aromatic rings. The minimum absolute atomic E-state index is 0.222. The number of hydrogen-bond donors (Lipinski definition) is 2. The molecule has 6 heteroatoms. The summed E-state index contributed by atoms with van der Waals surface area (Å²) in [5.74, 6) is 0.282. The summed E-state index contributed by atoms with van der Waals surface area (Å²) in [5.41, 5.74) is 2.09. The van der Waals surface area contributed by atoms with Crippen LogP contribution in [0.1, 0.15) is 46.9 Å². The Kier molecular flexibility index (Phi) is 4.80. The second kappa shape index (κ2) is 6.58. The van der Waals surface area contributed by atoms with Crippen LogP contribution in [0.5, 0.6) is 0 Å². The van der Waals surface area contributed by atoms with Gasteiger partial charge in [0.1, 0.15) is 11.8 Å². The molecule has 1 unspecified atom stereocenters. The fourth-order valence-electron chi connectivity index (χ4n) is 2.38. The van der Waals surface area contributed by atoms with E-state index in [4.69, 9.17) is 4.42 Å². The van der Waals surface area contributed by atoms with Gasteiger partial charge in [-0.2, -0.15) is 5.10 Å². The lowest BCUT2D eigenvalue weighted by atomic mass is 10.1. The van der Waals surface area contributed by atoms with E-state index in [1.54, 1.807) is 12.1 Å². The number of nitrogens with one attached hydrogen (secondary N) is 1. The minimum Gasteiger partial charge on any atom is -0.467 e. The average molecular weight is 291 g/mol. The van der Waals surface area contributed by atoms with Crippen LogP contribution in [0.4, 0.5) is 0 Å². The zero-order valence-corrected chi connectivity index (χ0v) is 12.6. The maximum Gasteiger partial charge on any atom is 0.255 e. The second-order valence-electron chi connectivity index (χ2n) is 4.99. The van der Waals surface area contributed by atoms with Gasteiger partial charge in [0.25, 0.3) is 5.91 Å². The van der Waals surface area contributed by atoms with E-state index in [0.29, 0.717) is 17.0 Å². The summed E-state index contributed by atoms with van der Waals surface area (Å²) in [6, 6.07) is 2.89. The first-order valence-electron chi connectivity index (χ1n) is 7.07. The maximum absolute atomic E-state index is 12.5. The van der Waals surface area contributed by atoms with Crippen molar-refractivity contribution in [2.75, 3.05) is 6.61 Å². The number of aromatic nitrogens is 2. The monoisotopic (exact) mass is 291 g/mol. The van der Waals surface area contributed by atoms with E-state index in [1.807, 2.05) is 18.5 Å². The summed E-state index contributed by atoms with van der Waals surface area (Å²) in [6.07, 6.45) is 2.47. The third kappa shape index (κ3) is 3.16. The normalized spacial score (nSPS) is 12.4. The van der Waals surface area contributed by atoms with E-state index in [1.165, 1.54) is 6.26 Å². The molecular weight excluding hydrogens is 270 g/mol. The van der Waals surface area contributed by atoms with Crippen LogP contribution in [0.15, 0.2) is 22.8 Å². The molecule has 21 heavy (non-hydrogen) atoms. The number of aliphatic hydroxyl groups is 1. The number of nitrogens with zero attached hydrogens (tertiary/aromatic N) is 2. The zero-order chi connectivity index (χ0) is 15.4. The molecule has 2 aromatic heterocycles. The number of aliphatic hydroxyl groups excluding tert-OH is 1. The van der Waals surface area contributed by atoms with E-state index >= 15 is 0 Å². The Morgan fingerprint density at radius 1 is 1.52 bits per heavy atom. The van der Waals surface area contributed by atoms with Crippen molar-refractivity contribution in [2.24, 2.45) is 0 Å². The van der Waals surface area contributed by atoms with E-state index in [2.05, 4.69) is 17.3 Å². The van der Waals surface area contributed by atoms with E-state index in [-0.39, 0.29) is 12.5 Å². The molecule has 0 bridgehead atoms. The Labute approximate surface area is 123 Å². The lowest BCUT2D eigenvalue weighted by molar-refractivity contribution is 0.0906. The first-order chi connectivity index (χ1) is 10.1. The molecule has 0 aromatic carbocycles. The van der Waals surface area contributed by atoms with Gasteiger partial charge in [0.05, 0.1) is 24.1 Å². The number of amides is 1. The van der Waals surface area contributed by atoms with Crippen LogP contribution in [0.3, 0.4) is 0 Å². The molecule has 0 aliphatic carbocycles. The van der Waals surface area contributed by atoms with Crippen molar-refractivity contribution >= 4 is 5.91 Å². The van der Waals surface area contributed by atoms with Crippen LogP contribution in [0, 0.1) is 13.8 Å². The molecule has 2 heterocycles. The Bertz CT molecular complexity index is 602. The lowest BCUT2D eigenvalue weighted by Gasteiger charge is -2.14. The first-order valence-corrected chi connectivity index (χ1v) is 7.07. The van der Waals surface area contributed by atoms with Gasteiger partial charge in [-0.15, -0.1) is 0 Å². The molecule has 6 nitrogen and oxygen atoms in total. The summed E-state index contributed by atoms with van der Waals surface area (Å²) in [7, 11) is 0. The number of aryl methyl sites for hydroxylation is 2. The Morgan fingerprint density at radius 3 is 2.86 bits per heavy atom. The second-order valence-corrected chi connectivity index (χ2v) is 4.99. The van der Waals surface area contributed by atoms with Crippen LogP contribution >= 0.6 is 0 Å². The molecule has 0 fully saturated rings.